The number of aromatic nitrogens is 2. The molecule has 2 aromatic heterocycles. The fourth-order valence-corrected chi connectivity index (χ4v) is 4.63. The molecule has 1 aliphatic heterocycles. The molecule has 0 spiro atoms. The second-order valence-electron chi connectivity index (χ2n) is 7.25. The van der Waals surface area contributed by atoms with Crippen molar-refractivity contribution in [2.75, 3.05) is 6.54 Å². The maximum absolute atomic E-state index is 5.67. The summed E-state index contributed by atoms with van der Waals surface area (Å²) in [6, 6.07) is 25.5. The maximum atomic E-state index is 5.67. The highest BCUT2D eigenvalue weighted by Crippen LogP contribution is 2.39. The number of hydrogen-bond acceptors (Lipinski definition) is 2. The molecule has 1 aliphatic rings. The average Bonchev–Trinajstić information content (AvgIpc) is 3.37. The van der Waals surface area contributed by atoms with E-state index in [0.717, 1.165) is 23.0 Å². The van der Waals surface area contributed by atoms with Crippen LogP contribution in [0.4, 0.5) is 0 Å². The van der Waals surface area contributed by atoms with Gasteiger partial charge in [0.2, 0.25) is 0 Å². The Morgan fingerprint density at radius 2 is 1.79 bits per heavy atom. The molecule has 2 aromatic carbocycles. The van der Waals surface area contributed by atoms with Gasteiger partial charge in [-0.3, -0.25) is 4.98 Å². The summed E-state index contributed by atoms with van der Waals surface area (Å²) in [5.74, 6) is 0. The molecular weight excluding hydrogens is 376 g/mol. The fraction of sp³-hybridized carbons (Fsp3) is 0.167. The largest absolute Gasteiger partial charge is 0.352 e. The minimum atomic E-state index is 0.0118. The van der Waals surface area contributed by atoms with Crippen molar-refractivity contribution in [2.45, 2.75) is 19.0 Å². The Labute approximate surface area is 175 Å². The summed E-state index contributed by atoms with van der Waals surface area (Å²) in [4.78, 5) is 6.86. The molecule has 0 unspecified atom stereocenters. The van der Waals surface area contributed by atoms with Crippen LogP contribution in [0.1, 0.15) is 30.4 Å². The van der Waals surface area contributed by atoms with Crippen LogP contribution >= 0.6 is 12.2 Å². The van der Waals surface area contributed by atoms with E-state index >= 15 is 0 Å². The van der Waals surface area contributed by atoms with Crippen LogP contribution in [-0.2, 0) is 0 Å². The number of thiocarbonyl (C=S) groups is 1. The summed E-state index contributed by atoms with van der Waals surface area (Å²) in [6.45, 7) is 2.98. The summed E-state index contributed by atoms with van der Waals surface area (Å²) >= 11 is 5.67. The molecule has 4 nitrogen and oxygen atoms in total. The smallest absolute Gasteiger partial charge is 0.170 e. The zero-order chi connectivity index (χ0) is 19.8. The topological polar surface area (TPSA) is 33.1 Å². The van der Waals surface area contributed by atoms with Crippen molar-refractivity contribution < 1.29 is 0 Å². The Morgan fingerprint density at radius 1 is 0.966 bits per heavy atom. The predicted molar refractivity (Wildman–Crippen MR) is 121 cm³/mol. The maximum Gasteiger partial charge on any atom is 0.170 e. The average molecular weight is 399 g/mol. The van der Waals surface area contributed by atoms with E-state index in [1.807, 2.05) is 18.3 Å². The molecule has 1 saturated heterocycles. The first-order valence-corrected chi connectivity index (χ1v) is 10.3. The second-order valence-corrected chi connectivity index (χ2v) is 7.63. The normalized spacial score (nSPS) is 18.9. The van der Waals surface area contributed by atoms with E-state index in [1.165, 1.54) is 16.5 Å². The molecule has 4 aromatic rings. The third kappa shape index (κ3) is 3.08. The Balaban J connectivity index is 1.62. The van der Waals surface area contributed by atoms with Gasteiger partial charge in [0.25, 0.3) is 0 Å². The molecule has 5 rings (SSSR count). The van der Waals surface area contributed by atoms with Crippen molar-refractivity contribution in [1.29, 1.82) is 0 Å². The Morgan fingerprint density at radius 3 is 2.59 bits per heavy atom. The number of fused-ring (bicyclic) bond motifs is 1. The fourth-order valence-electron chi connectivity index (χ4n) is 4.26. The van der Waals surface area contributed by atoms with Crippen molar-refractivity contribution in [1.82, 2.24) is 19.8 Å². The lowest BCUT2D eigenvalue weighted by molar-refractivity contribution is 0.321. The van der Waals surface area contributed by atoms with Crippen LogP contribution in [0.5, 0.6) is 0 Å². The summed E-state index contributed by atoms with van der Waals surface area (Å²) in [5.41, 5.74) is 3.35. The van der Waals surface area contributed by atoms with Gasteiger partial charge in [0, 0.05) is 30.3 Å². The first kappa shape index (κ1) is 17.9. The van der Waals surface area contributed by atoms with Gasteiger partial charge in [-0.15, -0.1) is 0 Å². The van der Waals surface area contributed by atoms with Crippen molar-refractivity contribution >= 4 is 28.1 Å². The van der Waals surface area contributed by atoms with Gasteiger partial charge < -0.3 is 14.8 Å². The van der Waals surface area contributed by atoms with E-state index in [4.69, 9.17) is 12.2 Å². The SMILES string of the molecule is CCN1C(=S)N[C@H](c2ccccn2)[C@@H]1c1cccn1-c1ccc2ccccc2c1. The predicted octanol–water partition coefficient (Wildman–Crippen LogP) is 5.02. The number of nitrogens with one attached hydrogen (secondary N) is 1. The van der Waals surface area contributed by atoms with E-state index < -0.39 is 0 Å². The van der Waals surface area contributed by atoms with Crippen LogP contribution in [0.15, 0.2) is 85.2 Å². The quantitative estimate of drug-likeness (QED) is 0.490. The first-order chi connectivity index (χ1) is 14.3. The zero-order valence-electron chi connectivity index (χ0n) is 16.2. The molecule has 0 saturated carbocycles. The van der Waals surface area contributed by atoms with Crippen LogP contribution in [0.25, 0.3) is 16.5 Å². The highest BCUT2D eigenvalue weighted by molar-refractivity contribution is 7.80. The van der Waals surface area contributed by atoms with Gasteiger partial charge in [-0.1, -0.05) is 36.4 Å². The summed E-state index contributed by atoms with van der Waals surface area (Å²) in [7, 11) is 0. The lowest BCUT2D eigenvalue weighted by Gasteiger charge is -2.28. The summed E-state index contributed by atoms with van der Waals surface area (Å²) < 4.78 is 2.27. The van der Waals surface area contributed by atoms with Crippen LogP contribution in [0.3, 0.4) is 0 Å². The number of nitrogens with zero attached hydrogens (tertiary/aromatic N) is 3. The number of likely N-dealkylation sites (N-methyl/N-ethyl adjacent to an activating group) is 1. The highest BCUT2D eigenvalue weighted by Gasteiger charge is 2.40. The molecule has 5 heteroatoms. The molecule has 0 amide bonds. The minimum absolute atomic E-state index is 0.0118. The molecule has 2 atom stereocenters. The Bertz CT molecular complexity index is 1170. The van der Waals surface area contributed by atoms with Crippen molar-refractivity contribution in [3.63, 3.8) is 0 Å². The standard InChI is InChI=1S/C24H22N4S/c1-2-27-23(22(26-24(27)29)20-10-5-6-14-25-20)21-11-7-15-28(21)19-13-12-17-8-3-4-9-18(17)16-19/h3-16,22-23H,2H2,1H3,(H,26,29)/t22-,23+/m1/s1. The van der Waals surface area contributed by atoms with Gasteiger partial charge in [-0.25, -0.2) is 0 Å². The number of rotatable bonds is 4. The molecular formula is C24H22N4S. The van der Waals surface area contributed by atoms with Gasteiger partial charge in [-0.05, 0) is 66.3 Å². The van der Waals surface area contributed by atoms with Crippen molar-refractivity contribution in [3.05, 3.63) is 96.6 Å². The minimum Gasteiger partial charge on any atom is -0.352 e. The molecule has 3 heterocycles. The van der Waals surface area contributed by atoms with Crippen molar-refractivity contribution in [3.8, 4) is 5.69 Å². The molecule has 0 bridgehead atoms. The van der Waals surface area contributed by atoms with Crippen molar-refractivity contribution in [2.24, 2.45) is 0 Å². The highest BCUT2D eigenvalue weighted by atomic mass is 32.1. The lowest BCUT2D eigenvalue weighted by Crippen LogP contribution is -2.30. The van der Waals surface area contributed by atoms with Gasteiger partial charge >= 0.3 is 0 Å². The van der Waals surface area contributed by atoms with E-state index in [2.05, 4.69) is 93.6 Å². The van der Waals surface area contributed by atoms with Crippen LogP contribution in [0.2, 0.25) is 0 Å². The van der Waals surface area contributed by atoms with Gasteiger partial charge in [-0.2, -0.15) is 0 Å². The van der Waals surface area contributed by atoms with Gasteiger partial charge in [0.05, 0.1) is 17.8 Å². The Hall–Kier alpha value is -3.18. The van der Waals surface area contributed by atoms with Gasteiger partial charge in [0.1, 0.15) is 0 Å². The summed E-state index contributed by atoms with van der Waals surface area (Å²) in [5, 5.41) is 6.76. The molecule has 1 fully saturated rings. The van der Waals surface area contributed by atoms with Crippen LogP contribution in [-0.4, -0.2) is 26.1 Å². The second kappa shape index (κ2) is 7.33. The molecule has 29 heavy (non-hydrogen) atoms. The van der Waals surface area contributed by atoms with Gasteiger partial charge in [0.15, 0.2) is 5.11 Å². The van der Waals surface area contributed by atoms with Crippen LogP contribution in [0, 0.1) is 0 Å². The number of benzene rings is 2. The molecule has 0 aliphatic carbocycles. The third-order valence-electron chi connectivity index (χ3n) is 5.63. The number of pyridine rings is 1. The molecule has 1 N–H and O–H groups in total. The monoisotopic (exact) mass is 398 g/mol. The van der Waals surface area contributed by atoms with E-state index in [0.29, 0.717) is 0 Å². The van der Waals surface area contributed by atoms with E-state index in [-0.39, 0.29) is 12.1 Å². The lowest BCUT2D eigenvalue weighted by atomic mass is 10.0. The summed E-state index contributed by atoms with van der Waals surface area (Å²) in [6.07, 6.45) is 3.97. The molecule has 0 radical (unpaired) electrons. The van der Waals surface area contributed by atoms with E-state index in [1.54, 1.807) is 0 Å². The Kier molecular flexibility index (Phi) is 4.52. The number of hydrogen-bond donors (Lipinski definition) is 1. The third-order valence-corrected chi connectivity index (χ3v) is 5.99. The zero-order valence-corrected chi connectivity index (χ0v) is 17.0. The first-order valence-electron chi connectivity index (χ1n) is 9.91. The van der Waals surface area contributed by atoms with E-state index in [9.17, 15) is 0 Å². The molecule has 144 valence electrons. The van der Waals surface area contributed by atoms with Crippen LogP contribution < -0.4 is 5.32 Å².